The summed E-state index contributed by atoms with van der Waals surface area (Å²) in [7, 11) is -3.48. The number of hydrogen-bond donors (Lipinski definition) is 1. The molecule has 138 valence electrons. The number of fused-ring (bicyclic) bond motifs is 1. The highest BCUT2D eigenvalue weighted by atomic mass is 35.5. The molecule has 0 saturated carbocycles. The van der Waals surface area contributed by atoms with E-state index in [2.05, 4.69) is 4.72 Å². The fraction of sp³-hybridized carbons (Fsp3) is 0.316. The number of halogens is 1. The summed E-state index contributed by atoms with van der Waals surface area (Å²) in [6.07, 6.45) is 1.93. The summed E-state index contributed by atoms with van der Waals surface area (Å²) in [6.45, 7) is 2.00. The van der Waals surface area contributed by atoms with E-state index < -0.39 is 16.1 Å². The largest absolute Gasteiger partial charge is 0.309 e. The lowest BCUT2D eigenvalue weighted by molar-refractivity contribution is -0.119. The molecule has 2 aromatic carbocycles. The van der Waals surface area contributed by atoms with E-state index in [4.69, 9.17) is 11.6 Å². The average Bonchev–Trinajstić information content (AvgIpc) is 2.89. The minimum absolute atomic E-state index is 0.0351. The minimum Gasteiger partial charge on any atom is -0.309 e. The molecule has 0 bridgehead atoms. The Morgan fingerprint density at radius 2 is 1.88 bits per heavy atom. The molecular weight excluding hydrogens is 372 g/mol. The zero-order valence-electron chi connectivity index (χ0n) is 14.6. The third-order valence-electron chi connectivity index (χ3n) is 4.48. The van der Waals surface area contributed by atoms with E-state index in [1.54, 1.807) is 29.2 Å². The van der Waals surface area contributed by atoms with Crippen molar-refractivity contribution in [2.45, 2.75) is 31.8 Å². The van der Waals surface area contributed by atoms with Crippen LogP contribution < -0.4 is 9.62 Å². The first-order valence-electron chi connectivity index (χ1n) is 8.37. The smallest absolute Gasteiger partial charge is 0.229 e. The molecule has 0 saturated heterocycles. The highest BCUT2D eigenvalue weighted by Gasteiger charge is 2.32. The van der Waals surface area contributed by atoms with Gasteiger partial charge in [0.1, 0.15) is 0 Å². The maximum absolute atomic E-state index is 13.0. The van der Waals surface area contributed by atoms with E-state index >= 15 is 0 Å². The summed E-state index contributed by atoms with van der Waals surface area (Å²) in [5.74, 6) is -0.112. The Morgan fingerprint density at radius 1 is 1.23 bits per heavy atom. The zero-order chi connectivity index (χ0) is 18.9. The molecule has 7 heteroatoms. The van der Waals surface area contributed by atoms with Gasteiger partial charge in [-0.3, -0.25) is 4.79 Å². The molecule has 1 aliphatic heterocycles. The predicted octanol–water partition coefficient (Wildman–Crippen LogP) is 3.30. The molecule has 0 spiro atoms. The number of para-hydroxylation sites is 1. The van der Waals surface area contributed by atoms with Gasteiger partial charge in [0.2, 0.25) is 15.9 Å². The lowest BCUT2D eigenvalue weighted by atomic mass is 10.0. The fourth-order valence-electron chi connectivity index (χ4n) is 3.40. The van der Waals surface area contributed by atoms with Gasteiger partial charge in [-0.2, -0.15) is 0 Å². The molecule has 2 unspecified atom stereocenters. The normalized spacial score (nSPS) is 17.8. The van der Waals surface area contributed by atoms with Gasteiger partial charge in [0.25, 0.3) is 0 Å². The van der Waals surface area contributed by atoms with Crippen molar-refractivity contribution in [3.63, 3.8) is 0 Å². The summed E-state index contributed by atoms with van der Waals surface area (Å²) in [6, 6.07) is 14.1. The first-order chi connectivity index (χ1) is 12.2. The van der Waals surface area contributed by atoms with Crippen LogP contribution in [0.1, 0.15) is 30.5 Å². The number of amides is 1. The third kappa shape index (κ3) is 4.26. The molecule has 5 nitrogen and oxygen atoms in total. The van der Waals surface area contributed by atoms with Crippen molar-refractivity contribution in [3.05, 3.63) is 64.7 Å². The SMILES string of the molecule is CC1Cc2ccccc2N1C(=O)CC(NS(C)(=O)=O)c1ccc(Cl)cc1. The number of benzene rings is 2. The van der Waals surface area contributed by atoms with E-state index in [9.17, 15) is 13.2 Å². The third-order valence-corrected chi connectivity index (χ3v) is 5.45. The Bertz CT molecular complexity index is 913. The minimum atomic E-state index is -3.48. The van der Waals surface area contributed by atoms with E-state index in [1.165, 1.54) is 0 Å². The Balaban J connectivity index is 1.87. The predicted molar refractivity (Wildman–Crippen MR) is 104 cm³/mol. The van der Waals surface area contributed by atoms with Gasteiger partial charge in [0.15, 0.2) is 0 Å². The lowest BCUT2D eigenvalue weighted by Gasteiger charge is -2.26. The van der Waals surface area contributed by atoms with Gasteiger partial charge >= 0.3 is 0 Å². The first kappa shape index (κ1) is 18.9. The van der Waals surface area contributed by atoms with E-state index in [0.717, 1.165) is 23.9 Å². The van der Waals surface area contributed by atoms with Gasteiger partial charge in [-0.05, 0) is 42.7 Å². The Hall–Kier alpha value is -1.89. The molecule has 1 amide bonds. The highest BCUT2D eigenvalue weighted by Crippen LogP contribution is 2.33. The van der Waals surface area contributed by atoms with Crippen LogP contribution >= 0.6 is 11.6 Å². The molecule has 26 heavy (non-hydrogen) atoms. The number of nitrogens with zero attached hydrogens (tertiary/aromatic N) is 1. The Morgan fingerprint density at radius 3 is 2.54 bits per heavy atom. The quantitative estimate of drug-likeness (QED) is 0.848. The lowest BCUT2D eigenvalue weighted by Crippen LogP contribution is -2.39. The molecule has 2 aromatic rings. The summed E-state index contributed by atoms with van der Waals surface area (Å²) in [5.41, 5.74) is 2.74. The van der Waals surface area contributed by atoms with Crippen LogP contribution in [0, 0.1) is 0 Å². The second kappa shape index (κ2) is 7.39. The zero-order valence-corrected chi connectivity index (χ0v) is 16.2. The van der Waals surface area contributed by atoms with Crippen molar-refractivity contribution in [1.82, 2.24) is 4.72 Å². The number of nitrogens with one attached hydrogen (secondary N) is 1. The number of sulfonamides is 1. The summed E-state index contributed by atoms with van der Waals surface area (Å²) in [5, 5.41) is 0.556. The van der Waals surface area contributed by atoms with Gasteiger partial charge in [-0.15, -0.1) is 0 Å². The van der Waals surface area contributed by atoms with Crippen molar-refractivity contribution in [2.75, 3.05) is 11.2 Å². The molecular formula is C19H21ClN2O3S. The van der Waals surface area contributed by atoms with E-state index in [0.29, 0.717) is 10.6 Å². The van der Waals surface area contributed by atoms with Crippen molar-refractivity contribution in [2.24, 2.45) is 0 Å². The summed E-state index contributed by atoms with van der Waals surface area (Å²) >= 11 is 5.92. The molecule has 0 radical (unpaired) electrons. The average molecular weight is 393 g/mol. The van der Waals surface area contributed by atoms with E-state index in [1.807, 2.05) is 31.2 Å². The van der Waals surface area contributed by atoms with Crippen molar-refractivity contribution >= 4 is 33.2 Å². The van der Waals surface area contributed by atoms with Gasteiger partial charge in [-0.25, -0.2) is 13.1 Å². The van der Waals surface area contributed by atoms with Crippen molar-refractivity contribution < 1.29 is 13.2 Å². The molecule has 1 N–H and O–H groups in total. The van der Waals surface area contributed by atoms with Gasteiger partial charge in [0.05, 0.1) is 12.3 Å². The molecule has 2 atom stereocenters. The second-order valence-electron chi connectivity index (χ2n) is 6.64. The van der Waals surface area contributed by atoms with Crippen LogP contribution in [-0.4, -0.2) is 26.6 Å². The molecule has 1 heterocycles. The Kier molecular flexibility index (Phi) is 5.37. The molecule has 3 rings (SSSR count). The maximum Gasteiger partial charge on any atom is 0.229 e. The number of hydrogen-bond acceptors (Lipinski definition) is 3. The van der Waals surface area contributed by atoms with Crippen LogP contribution in [0.2, 0.25) is 5.02 Å². The Labute approximate surface area is 159 Å². The van der Waals surface area contributed by atoms with Crippen LogP contribution in [-0.2, 0) is 21.2 Å². The molecule has 0 fully saturated rings. The number of rotatable bonds is 5. The summed E-state index contributed by atoms with van der Waals surface area (Å²) in [4.78, 5) is 14.8. The van der Waals surface area contributed by atoms with Gasteiger partial charge in [-0.1, -0.05) is 41.9 Å². The second-order valence-corrected chi connectivity index (χ2v) is 8.86. The van der Waals surface area contributed by atoms with Crippen LogP contribution in [0.4, 0.5) is 5.69 Å². The van der Waals surface area contributed by atoms with Gasteiger partial charge in [0, 0.05) is 23.2 Å². The molecule has 0 aromatic heterocycles. The number of carbonyl (C=O) groups excluding carboxylic acids is 1. The van der Waals surface area contributed by atoms with Crippen LogP contribution in [0.15, 0.2) is 48.5 Å². The maximum atomic E-state index is 13.0. The topological polar surface area (TPSA) is 66.5 Å². The highest BCUT2D eigenvalue weighted by molar-refractivity contribution is 7.88. The van der Waals surface area contributed by atoms with Crippen LogP contribution in [0.25, 0.3) is 0 Å². The van der Waals surface area contributed by atoms with Crippen LogP contribution in [0.3, 0.4) is 0 Å². The van der Waals surface area contributed by atoms with Crippen LogP contribution in [0.5, 0.6) is 0 Å². The standard InChI is InChI=1S/C19H21ClN2O3S/c1-13-11-15-5-3-4-6-18(15)22(13)19(23)12-17(21-26(2,24)25)14-7-9-16(20)10-8-14/h3-10,13,17,21H,11-12H2,1-2H3. The molecule has 0 aliphatic carbocycles. The van der Waals surface area contributed by atoms with Crippen molar-refractivity contribution in [1.29, 1.82) is 0 Å². The monoisotopic (exact) mass is 392 g/mol. The van der Waals surface area contributed by atoms with Crippen molar-refractivity contribution in [3.8, 4) is 0 Å². The van der Waals surface area contributed by atoms with Gasteiger partial charge < -0.3 is 4.90 Å². The first-order valence-corrected chi connectivity index (χ1v) is 10.6. The number of anilines is 1. The fourth-order valence-corrected chi connectivity index (χ4v) is 4.26. The summed E-state index contributed by atoms with van der Waals surface area (Å²) < 4.78 is 26.1. The number of carbonyl (C=O) groups is 1. The molecule has 1 aliphatic rings. The van der Waals surface area contributed by atoms with E-state index in [-0.39, 0.29) is 18.4 Å².